The lowest BCUT2D eigenvalue weighted by Gasteiger charge is -2.11. The third-order valence-electron chi connectivity index (χ3n) is 4.52. The van der Waals surface area contributed by atoms with E-state index in [1.165, 1.54) is 0 Å². The number of pyridine rings is 1. The predicted octanol–water partition coefficient (Wildman–Crippen LogP) is 4.41. The molecule has 0 aliphatic rings. The summed E-state index contributed by atoms with van der Waals surface area (Å²) >= 11 is 0. The molecule has 5 nitrogen and oxygen atoms in total. The van der Waals surface area contributed by atoms with Gasteiger partial charge in [-0.2, -0.15) is 0 Å². The molecule has 0 spiro atoms. The van der Waals surface area contributed by atoms with Crippen molar-refractivity contribution in [3.63, 3.8) is 0 Å². The van der Waals surface area contributed by atoms with Gasteiger partial charge in [-0.3, -0.25) is 9.78 Å². The lowest BCUT2D eigenvalue weighted by molar-refractivity contribution is 0.107. The van der Waals surface area contributed by atoms with Crippen LogP contribution in [0.3, 0.4) is 0 Å². The normalized spacial score (nSPS) is 11.1. The van der Waals surface area contributed by atoms with Crippen molar-refractivity contribution in [3.05, 3.63) is 71.4 Å². The monoisotopic (exact) mass is 363 g/mol. The first-order chi connectivity index (χ1) is 13.1. The van der Waals surface area contributed by atoms with E-state index >= 15 is 0 Å². The molecule has 27 heavy (non-hydrogen) atoms. The lowest BCUT2D eigenvalue weighted by atomic mass is 10.0. The minimum Gasteiger partial charge on any atom is -0.375 e. The number of carbonyl (C=O) groups excluding carboxylic acids is 1. The molecule has 0 saturated carbocycles. The average Bonchev–Trinajstić information content (AvgIpc) is 3.01. The number of aldehydes is 1. The highest BCUT2D eigenvalue weighted by Crippen LogP contribution is 2.29. The maximum absolute atomic E-state index is 11.8. The largest absolute Gasteiger partial charge is 0.375 e. The molecule has 0 aliphatic heterocycles. The molecule has 3 aromatic rings. The predicted molar refractivity (Wildman–Crippen MR) is 106 cm³/mol. The van der Waals surface area contributed by atoms with Gasteiger partial charge in [0.25, 0.3) is 0 Å². The minimum atomic E-state index is 0.250. The van der Waals surface area contributed by atoms with Gasteiger partial charge in [0.2, 0.25) is 0 Å². The molecule has 0 N–H and O–H groups in total. The number of rotatable bonds is 8. The summed E-state index contributed by atoms with van der Waals surface area (Å²) in [6.45, 7) is 7.74. The highest BCUT2D eigenvalue weighted by atomic mass is 16.5. The number of imidazole rings is 1. The molecule has 0 radical (unpaired) electrons. The Bertz CT molecular complexity index is 901. The molecule has 0 saturated heterocycles. The fourth-order valence-corrected chi connectivity index (χ4v) is 3.18. The van der Waals surface area contributed by atoms with Crippen LogP contribution in [0.4, 0.5) is 0 Å². The number of benzene rings is 1. The van der Waals surface area contributed by atoms with Crippen LogP contribution in [-0.4, -0.2) is 27.4 Å². The summed E-state index contributed by atoms with van der Waals surface area (Å²) in [6, 6.07) is 13.9. The van der Waals surface area contributed by atoms with E-state index in [1.807, 2.05) is 54.0 Å². The van der Waals surface area contributed by atoms with Crippen molar-refractivity contribution in [2.45, 2.75) is 39.8 Å². The molecular formula is C22H25N3O2. The smallest absolute Gasteiger partial charge is 0.168 e. The first-order valence-corrected chi connectivity index (χ1v) is 9.21. The Morgan fingerprint density at radius 2 is 1.93 bits per heavy atom. The first kappa shape index (κ1) is 19.0. The molecule has 0 fully saturated rings. The van der Waals surface area contributed by atoms with Gasteiger partial charge in [0.1, 0.15) is 17.2 Å². The zero-order valence-corrected chi connectivity index (χ0v) is 16.1. The Balaban J connectivity index is 1.79. The van der Waals surface area contributed by atoms with Gasteiger partial charge in [0.15, 0.2) is 6.29 Å². The molecule has 1 aromatic carbocycles. The van der Waals surface area contributed by atoms with Crippen LogP contribution in [0.2, 0.25) is 0 Å². The van der Waals surface area contributed by atoms with E-state index in [-0.39, 0.29) is 5.92 Å². The number of hydrogen-bond donors (Lipinski definition) is 0. The third-order valence-corrected chi connectivity index (χ3v) is 4.52. The second kappa shape index (κ2) is 8.73. The SMILES string of the molecule is Cc1nc(-c2cccnc2C(C)C)c(C=O)n1CCOCc1ccccc1. The maximum Gasteiger partial charge on any atom is 0.168 e. The van der Waals surface area contributed by atoms with E-state index in [4.69, 9.17) is 4.74 Å². The van der Waals surface area contributed by atoms with E-state index in [0.717, 1.165) is 28.9 Å². The van der Waals surface area contributed by atoms with E-state index in [0.29, 0.717) is 31.1 Å². The molecule has 5 heteroatoms. The summed E-state index contributed by atoms with van der Waals surface area (Å²) in [6.07, 6.45) is 2.66. The van der Waals surface area contributed by atoms with E-state index in [1.54, 1.807) is 6.20 Å². The topological polar surface area (TPSA) is 57.0 Å². The van der Waals surface area contributed by atoms with Crippen LogP contribution in [0, 0.1) is 6.92 Å². The minimum absolute atomic E-state index is 0.250. The van der Waals surface area contributed by atoms with Crippen molar-refractivity contribution >= 4 is 6.29 Å². The number of ether oxygens (including phenoxy) is 1. The first-order valence-electron chi connectivity index (χ1n) is 9.21. The average molecular weight is 363 g/mol. The van der Waals surface area contributed by atoms with Crippen LogP contribution in [0.5, 0.6) is 0 Å². The van der Waals surface area contributed by atoms with Gasteiger partial charge in [-0.15, -0.1) is 0 Å². The number of aromatic nitrogens is 3. The standard InChI is InChI=1S/C22H25N3O2/c1-16(2)21-19(10-7-11-23-21)22-20(14-26)25(17(3)24-22)12-13-27-15-18-8-5-4-6-9-18/h4-11,14,16H,12-13,15H2,1-3H3. The van der Waals surface area contributed by atoms with Crippen molar-refractivity contribution < 1.29 is 9.53 Å². The van der Waals surface area contributed by atoms with Crippen molar-refractivity contribution in [2.24, 2.45) is 0 Å². The summed E-state index contributed by atoms with van der Waals surface area (Å²) in [5.74, 6) is 1.05. The second-order valence-electron chi connectivity index (χ2n) is 6.79. The zero-order valence-electron chi connectivity index (χ0n) is 16.1. The number of carbonyl (C=O) groups is 1. The third kappa shape index (κ3) is 4.31. The highest BCUT2D eigenvalue weighted by Gasteiger charge is 2.19. The fraction of sp³-hybridized carbons (Fsp3) is 0.318. The summed E-state index contributed by atoms with van der Waals surface area (Å²) in [5.41, 5.74) is 4.27. The van der Waals surface area contributed by atoms with Crippen LogP contribution in [0.15, 0.2) is 48.7 Å². The summed E-state index contributed by atoms with van der Waals surface area (Å²) < 4.78 is 7.70. The molecule has 0 bridgehead atoms. The molecule has 3 rings (SSSR count). The van der Waals surface area contributed by atoms with Crippen molar-refractivity contribution in [2.75, 3.05) is 6.61 Å². The lowest BCUT2D eigenvalue weighted by Crippen LogP contribution is -2.10. The van der Waals surface area contributed by atoms with E-state index in [2.05, 4.69) is 23.8 Å². The summed E-state index contributed by atoms with van der Waals surface area (Å²) in [5, 5.41) is 0. The van der Waals surface area contributed by atoms with Crippen LogP contribution < -0.4 is 0 Å². The summed E-state index contributed by atoms with van der Waals surface area (Å²) in [7, 11) is 0. The Hall–Kier alpha value is -2.79. The van der Waals surface area contributed by atoms with Gasteiger partial charge in [-0.1, -0.05) is 44.2 Å². The molecule has 0 aliphatic carbocycles. The van der Waals surface area contributed by atoms with Crippen LogP contribution in [-0.2, 0) is 17.9 Å². The fourth-order valence-electron chi connectivity index (χ4n) is 3.18. The molecule has 0 unspecified atom stereocenters. The van der Waals surface area contributed by atoms with Gasteiger partial charge >= 0.3 is 0 Å². The Morgan fingerprint density at radius 1 is 1.15 bits per heavy atom. The van der Waals surface area contributed by atoms with Crippen LogP contribution >= 0.6 is 0 Å². The molecule has 0 atom stereocenters. The van der Waals surface area contributed by atoms with Gasteiger partial charge in [-0.25, -0.2) is 4.98 Å². The number of hydrogen-bond acceptors (Lipinski definition) is 4. The highest BCUT2D eigenvalue weighted by molar-refractivity contribution is 5.85. The molecule has 0 amide bonds. The van der Waals surface area contributed by atoms with Crippen molar-refractivity contribution in [3.8, 4) is 11.3 Å². The Kier molecular flexibility index (Phi) is 6.14. The van der Waals surface area contributed by atoms with Gasteiger partial charge in [0, 0.05) is 18.3 Å². The zero-order chi connectivity index (χ0) is 19.2. The molecular weight excluding hydrogens is 338 g/mol. The van der Waals surface area contributed by atoms with E-state index < -0.39 is 0 Å². The second-order valence-corrected chi connectivity index (χ2v) is 6.79. The Labute approximate surface area is 160 Å². The molecule has 2 heterocycles. The van der Waals surface area contributed by atoms with Gasteiger partial charge in [0.05, 0.1) is 18.9 Å². The van der Waals surface area contributed by atoms with E-state index in [9.17, 15) is 4.79 Å². The maximum atomic E-state index is 11.8. The quantitative estimate of drug-likeness (QED) is 0.439. The van der Waals surface area contributed by atoms with Gasteiger partial charge in [-0.05, 0) is 30.5 Å². The Morgan fingerprint density at radius 3 is 2.63 bits per heavy atom. The summed E-state index contributed by atoms with van der Waals surface area (Å²) in [4.78, 5) is 21.0. The van der Waals surface area contributed by atoms with Crippen LogP contribution in [0.25, 0.3) is 11.3 Å². The number of aryl methyl sites for hydroxylation is 1. The van der Waals surface area contributed by atoms with Gasteiger partial charge < -0.3 is 9.30 Å². The molecule has 2 aromatic heterocycles. The van der Waals surface area contributed by atoms with Crippen molar-refractivity contribution in [1.29, 1.82) is 0 Å². The van der Waals surface area contributed by atoms with Crippen LogP contribution in [0.1, 0.15) is 47.3 Å². The van der Waals surface area contributed by atoms with Crippen molar-refractivity contribution in [1.82, 2.24) is 14.5 Å². The number of nitrogens with zero attached hydrogens (tertiary/aromatic N) is 3. The molecule has 140 valence electrons.